The van der Waals surface area contributed by atoms with Gasteiger partial charge in [-0.3, -0.25) is 0 Å². The van der Waals surface area contributed by atoms with Gasteiger partial charge in [-0.15, -0.1) is 0 Å². The van der Waals surface area contributed by atoms with Crippen molar-refractivity contribution in [2.24, 2.45) is 0 Å². The number of nitrogens with zero attached hydrogens (tertiary/aromatic N) is 1. The van der Waals surface area contributed by atoms with Crippen molar-refractivity contribution >= 4 is 11.5 Å². The zero-order valence-corrected chi connectivity index (χ0v) is 8.82. The summed E-state index contributed by atoms with van der Waals surface area (Å²) in [5.41, 5.74) is 6.39. The Morgan fingerprint density at radius 1 is 1.38 bits per heavy atom. The topological polar surface area (TPSA) is 50.9 Å². The van der Waals surface area contributed by atoms with Crippen LogP contribution in [0.3, 0.4) is 0 Å². The van der Waals surface area contributed by atoms with Crippen LogP contribution >= 0.6 is 0 Å². The first-order chi connectivity index (χ1) is 5.49. The maximum atomic E-state index is 5.70. The van der Waals surface area contributed by atoms with Crippen LogP contribution in [-0.2, 0) is 0 Å². The van der Waals surface area contributed by atoms with E-state index in [9.17, 15) is 0 Å². The first-order valence-corrected chi connectivity index (χ1v) is 3.98. The second-order valence-electron chi connectivity index (χ2n) is 3.82. The molecule has 1 heterocycles. The Kier molecular flexibility index (Phi) is 5.04. The molecule has 0 aromatic carbocycles. The van der Waals surface area contributed by atoms with Crippen molar-refractivity contribution < 1.29 is 37.7 Å². The average Bonchev–Trinajstić information content (AvgIpc) is 1.91. The number of pyridine rings is 1. The third kappa shape index (κ3) is 4.69. The monoisotopic (exact) mass is 205 g/mol. The molecule has 74 valence electrons. The minimum Gasteiger partial charge on any atom is -0.396 e. The maximum absolute atomic E-state index is 5.70. The molecular weight excluding hydrogens is 190 g/mol. The third-order valence-electron chi connectivity index (χ3n) is 1.33. The number of hydrogen-bond acceptors (Lipinski definition) is 3. The van der Waals surface area contributed by atoms with Crippen molar-refractivity contribution in [2.75, 3.05) is 11.1 Å². The van der Waals surface area contributed by atoms with Gasteiger partial charge in [-0.2, -0.15) is 0 Å². The molecule has 0 radical (unpaired) electrons. The molecule has 0 atom stereocenters. The summed E-state index contributed by atoms with van der Waals surface area (Å²) >= 11 is 0. The number of nitrogens with two attached hydrogens (primary N) is 1. The molecule has 0 fully saturated rings. The van der Waals surface area contributed by atoms with Crippen LogP contribution in [0.1, 0.15) is 20.8 Å². The van der Waals surface area contributed by atoms with E-state index in [0.717, 1.165) is 5.82 Å². The number of nitrogen functional groups attached to an aromatic ring is 1. The summed E-state index contributed by atoms with van der Waals surface area (Å²) in [5.74, 6) is 0.755. The molecule has 0 aliphatic carbocycles. The fraction of sp³-hybridized carbons (Fsp3) is 0.444. The van der Waals surface area contributed by atoms with Crippen molar-refractivity contribution in [1.29, 1.82) is 0 Å². The molecule has 0 saturated heterocycles. The van der Waals surface area contributed by atoms with E-state index in [1.807, 2.05) is 12.1 Å². The second-order valence-corrected chi connectivity index (χ2v) is 3.82. The molecule has 13 heavy (non-hydrogen) atoms. The first-order valence-electron chi connectivity index (χ1n) is 3.98. The van der Waals surface area contributed by atoms with E-state index in [-0.39, 0.29) is 43.3 Å². The van der Waals surface area contributed by atoms with E-state index >= 15 is 0 Å². The Morgan fingerprint density at radius 2 is 2.00 bits per heavy atom. The van der Waals surface area contributed by atoms with Crippen LogP contribution in [0, 0.1) is 37.7 Å². The van der Waals surface area contributed by atoms with Gasteiger partial charge >= 0.3 is 0 Å². The van der Waals surface area contributed by atoms with Gasteiger partial charge in [0.1, 0.15) is 5.82 Å². The molecule has 1 aromatic rings. The summed E-state index contributed by atoms with van der Waals surface area (Å²) < 4.78 is 0. The molecular formula is C9H15ArN3. The van der Waals surface area contributed by atoms with E-state index in [0.29, 0.717) is 5.69 Å². The Morgan fingerprint density at radius 3 is 2.46 bits per heavy atom. The van der Waals surface area contributed by atoms with Gasteiger partial charge in [-0.1, -0.05) is 0 Å². The quantitative estimate of drug-likeness (QED) is 0.735. The minimum absolute atomic E-state index is 0. The number of nitrogens with one attached hydrogen (secondary N) is 1. The van der Waals surface area contributed by atoms with Gasteiger partial charge in [0.15, 0.2) is 0 Å². The predicted octanol–water partition coefficient (Wildman–Crippen LogP) is 1.87. The Hall–Kier alpha value is 0.00974. The van der Waals surface area contributed by atoms with E-state index in [4.69, 9.17) is 5.73 Å². The van der Waals surface area contributed by atoms with E-state index in [1.165, 1.54) is 0 Å². The predicted molar refractivity (Wildman–Crippen MR) is 52.0 cm³/mol. The normalized spacial score (nSPS) is 10.4. The van der Waals surface area contributed by atoms with Gasteiger partial charge in [-0.05, 0) is 32.9 Å². The zero-order valence-electron chi connectivity index (χ0n) is 8.11. The largest absolute Gasteiger partial charge is 0.396 e. The molecule has 3 nitrogen and oxygen atoms in total. The van der Waals surface area contributed by atoms with Crippen LogP contribution in [0.25, 0.3) is 0 Å². The van der Waals surface area contributed by atoms with Crippen LogP contribution in [0.15, 0.2) is 18.3 Å². The van der Waals surface area contributed by atoms with E-state index in [2.05, 4.69) is 31.1 Å². The summed E-state index contributed by atoms with van der Waals surface area (Å²) in [4.78, 5) is 4.13. The van der Waals surface area contributed by atoms with E-state index < -0.39 is 0 Å². The average molecular weight is 205 g/mol. The van der Waals surface area contributed by atoms with Crippen molar-refractivity contribution in [3.63, 3.8) is 0 Å². The molecule has 0 unspecified atom stereocenters. The number of aromatic nitrogens is 1. The summed E-state index contributed by atoms with van der Waals surface area (Å²) in [7, 11) is 0. The van der Waals surface area contributed by atoms with Crippen LogP contribution < -0.4 is 11.1 Å². The van der Waals surface area contributed by atoms with Gasteiger partial charge in [0, 0.05) is 49.5 Å². The number of hydrogen-bond donors (Lipinski definition) is 2. The molecule has 0 amide bonds. The molecule has 4 heteroatoms. The van der Waals surface area contributed by atoms with Crippen molar-refractivity contribution in [3.05, 3.63) is 18.3 Å². The van der Waals surface area contributed by atoms with Crippen LogP contribution in [0.2, 0.25) is 0 Å². The fourth-order valence-electron chi connectivity index (χ4n) is 0.877. The Labute approximate surface area is 109 Å². The molecule has 0 saturated carbocycles. The molecule has 0 aliphatic heterocycles. The van der Waals surface area contributed by atoms with Crippen LogP contribution in [-0.4, -0.2) is 10.5 Å². The smallest absolute Gasteiger partial charge is 0.149 e. The Bertz CT molecular complexity index is 268. The first kappa shape index (κ1) is 13.0. The third-order valence-corrected chi connectivity index (χ3v) is 1.33. The number of rotatable bonds is 1. The molecule has 3 N–H and O–H groups in total. The Balaban J connectivity index is 0.00000144. The maximum Gasteiger partial charge on any atom is 0.149 e. The molecule has 0 spiro atoms. The summed E-state index contributed by atoms with van der Waals surface area (Å²) in [6, 6.07) is 3.66. The van der Waals surface area contributed by atoms with Crippen molar-refractivity contribution in [3.8, 4) is 0 Å². The van der Waals surface area contributed by atoms with Crippen LogP contribution in [0.5, 0.6) is 0 Å². The van der Waals surface area contributed by atoms with Crippen LogP contribution in [0.4, 0.5) is 11.5 Å². The molecule has 1 aromatic heterocycles. The SMILES string of the molecule is CC(C)(C)Nc1ncccc1N.[Ar]. The van der Waals surface area contributed by atoms with Gasteiger partial charge in [0.25, 0.3) is 0 Å². The van der Waals surface area contributed by atoms with Crippen molar-refractivity contribution in [1.82, 2.24) is 4.98 Å². The minimum atomic E-state index is 0. The molecule has 0 bridgehead atoms. The second kappa shape index (κ2) is 5.03. The zero-order chi connectivity index (χ0) is 9.19. The molecule has 0 aliphatic rings. The van der Waals surface area contributed by atoms with E-state index in [1.54, 1.807) is 6.20 Å². The van der Waals surface area contributed by atoms with Crippen molar-refractivity contribution in [2.45, 2.75) is 26.3 Å². The van der Waals surface area contributed by atoms with Gasteiger partial charge < -0.3 is 11.1 Å². The van der Waals surface area contributed by atoms with Gasteiger partial charge in [-0.25, -0.2) is 4.98 Å². The summed E-state index contributed by atoms with van der Waals surface area (Å²) in [6.45, 7) is 6.21. The summed E-state index contributed by atoms with van der Waals surface area (Å²) in [6.07, 6.45) is 1.73. The van der Waals surface area contributed by atoms with Gasteiger partial charge in [0.2, 0.25) is 0 Å². The molecule has 1 rings (SSSR count). The van der Waals surface area contributed by atoms with Gasteiger partial charge in [0.05, 0.1) is 5.69 Å². The number of anilines is 2. The standard InChI is InChI=1S/C9H15N3.Ar/c1-9(2,3)12-8-7(10)5-4-6-11-8;/h4-6H,10H2,1-3H3,(H,11,12);. The fourth-order valence-corrected chi connectivity index (χ4v) is 0.877. The summed E-state index contributed by atoms with van der Waals surface area (Å²) in [5, 5.41) is 3.21.